The Labute approximate surface area is 379 Å². The van der Waals surface area contributed by atoms with Crippen LogP contribution >= 0.6 is 0 Å². The quantitative estimate of drug-likeness (QED) is 0.109. The van der Waals surface area contributed by atoms with Gasteiger partial charge in [-0.3, -0.25) is 0 Å². The van der Waals surface area contributed by atoms with E-state index >= 15 is 0 Å². The fraction of sp³-hybridized carbons (Fsp3) is 0.267. The maximum absolute atomic E-state index is 6.90. The van der Waals surface area contributed by atoms with Gasteiger partial charge in [0, 0.05) is 25.7 Å². The van der Waals surface area contributed by atoms with Gasteiger partial charge < -0.3 is 18.9 Å². The number of ether oxygens (including phenoxy) is 4. The third-order valence-electron chi connectivity index (χ3n) is 12.4. The van der Waals surface area contributed by atoms with E-state index in [9.17, 15) is 0 Å². The van der Waals surface area contributed by atoms with E-state index in [0.29, 0.717) is 52.1 Å². The molecule has 4 nitrogen and oxygen atoms in total. The summed E-state index contributed by atoms with van der Waals surface area (Å²) in [4.78, 5) is 0. The van der Waals surface area contributed by atoms with Crippen LogP contribution in [0, 0.1) is 0 Å². The van der Waals surface area contributed by atoms with Gasteiger partial charge in [-0.05, 0) is 138 Å². The van der Waals surface area contributed by atoms with Crippen LogP contribution in [0.4, 0.5) is 0 Å². The van der Waals surface area contributed by atoms with E-state index in [1.165, 1.54) is 43.8 Å². The topological polar surface area (TPSA) is 36.9 Å². The maximum atomic E-state index is 6.90. The summed E-state index contributed by atoms with van der Waals surface area (Å²) in [5.41, 5.74) is 14.0. The molecule has 0 radical (unpaired) electrons. The van der Waals surface area contributed by atoms with Crippen LogP contribution < -0.4 is 18.9 Å². The fourth-order valence-corrected chi connectivity index (χ4v) is 9.51. The molecule has 0 N–H and O–H groups in total. The van der Waals surface area contributed by atoms with Crippen LogP contribution in [0.5, 0.6) is 23.0 Å². The molecule has 0 amide bonds. The zero-order valence-corrected chi connectivity index (χ0v) is 38.0. The van der Waals surface area contributed by atoms with Crippen LogP contribution in [0.2, 0.25) is 0 Å². The zero-order valence-electron chi connectivity index (χ0n) is 38.0. The van der Waals surface area contributed by atoms with E-state index < -0.39 is 0 Å². The predicted molar refractivity (Wildman–Crippen MR) is 266 cm³/mol. The summed E-state index contributed by atoms with van der Waals surface area (Å²) in [6.45, 7) is 11.2. The maximum Gasteiger partial charge on any atom is 0.126 e. The van der Waals surface area contributed by atoms with Crippen molar-refractivity contribution >= 4 is 21.5 Å². The van der Waals surface area contributed by atoms with Gasteiger partial charge in [-0.15, -0.1) is 0 Å². The SMILES string of the molecule is CCCOc1c2cccc1Cc1cc(-c3cccc4ccccc34)cc(c1OCCC)Cc1cccc(c1OCCC)Cc1cc(-c3cccc4ccccc34)cc(c1OCCC)C2. The lowest BCUT2D eigenvalue weighted by atomic mass is 9.87. The van der Waals surface area contributed by atoms with Crippen molar-refractivity contribution < 1.29 is 18.9 Å². The van der Waals surface area contributed by atoms with Crippen molar-refractivity contribution in [2.24, 2.45) is 0 Å². The van der Waals surface area contributed by atoms with E-state index in [4.69, 9.17) is 18.9 Å². The minimum atomic E-state index is 0.625. The molecule has 1 aliphatic rings. The van der Waals surface area contributed by atoms with Crippen molar-refractivity contribution in [2.45, 2.75) is 79.1 Å². The van der Waals surface area contributed by atoms with Gasteiger partial charge in [0.25, 0.3) is 0 Å². The summed E-state index contributed by atoms with van der Waals surface area (Å²) in [5.74, 6) is 3.82. The van der Waals surface area contributed by atoms with E-state index in [1.54, 1.807) is 0 Å². The number of rotatable bonds is 14. The Balaban J connectivity index is 1.33. The molecular weight excluding hydrogens is 785 g/mol. The van der Waals surface area contributed by atoms with Gasteiger partial charge in [-0.2, -0.15) is 0 Å². The van der Waals surface area contributed by atoms with Crippen LogP contribution in [0.25, 0.3) is 43.8 Å². The smallest absolute Gasteiger partial charge is 0.126 e. The van der Waals surface area contributed by atoms with Gasteiger partial charge in [0.1, 0.15) is 23.0 Å². The molecule has 1 aliphatic carbocycles. The average Bonchev–Trinajstić information content (AvgIpc) is 3.32. The Morgan fingerprint density at radius 3 is 0.922 bits per heavy atom. The monoisotopic (exact) mass is 844 g/mol. The lowest BCUT2D eigenvalue weighted by molar-refractivity contribution is 0.304. The molecule has 8 aromatic rings. The second-order valence-electron chi connectivity index (χ2n) is 17.2. The van der Waals surface area contributed by atoms with E-state index in [-0.39, 0.29) is 0 Å². The van der Waals surface area contributed by atoms with E-state index in [2.05, 4.69) is 173 Å². The fourth-order valence-electron chi connectivity index (χ4n) is 9.51. The van der Waals surface area contributed by atoms with Crippen LogP contribution in [0.3, 0.4) is 0 Å². The molecule has 0 spiro atoms. The predicted octanol–water partition coefficient (Wildman–Crippen LogP) is 15.2. The summed E-state index contributed by atoms with van der Waals surface area (Å²) < 4.78 is 27.6. The molecule has 8 aromatic carbocycles. The van der Waals surface area contributed by atoms with Crippen molar-refractivity contribution in [2.75, 3.05) is 26.4 Å². The Bertz CT molecular complexity index is 2610. The summed E-state index contributed by atoms with van der Waals surface area (Å²) in [6.07, 6.45) is 6.23. The molecule has 0 fully saturated rings. The highest BCUT2D eigenvalue weighted by molar-refractivity contribution is 5.98. The Kier molecular flexibility index (Phi) is 13.3. The number of hydrogen-bond donors (Lipinski definition) is 0. The normalized spacial score (nSPS) is 12.3. The first-order valence-electron chi connectivity index (χ1n) is 23.6. The number of fused-ring (bicyclic) bond motifs is 10. The first kappa shape index (κ1) is 42.8. The molecule has 0 heterocycles. The van der Waals surface area contributed by atoms with Crippen molar-refractivity contribution in [3.63, 3.8) is 0 Å². The number of para-hydroxylation sites is 2. The van der Waals surface area contributed by atoms with E-state index in [0.717, 1.165) is 93.2 Å². The van der Waals surface area contributed by atoms with Crippen molar-refractivity contribution in [3.8, 4) is 45.3 Å². The highest BCUT2D eigenvalue weighted by Crippen LogP contribution is 2.43. The van der Waals surface area contributed by atoms with Crippen molar-refractivity contribution in [1.82, 2.24) is 0 Å². The molecule has 0 saturated heterocycles. The van der Waals surface area contributed by atoms with Gasteiger partial charge in [0.15, 0.2) is 0 Å². The Morgan fingerprint density at radius 1 is 0.312 bits per heavy atom. The number of benzene rings is 8. The summed E-state index contributed by atoms with van der Waals surface area (Å²) in [6, 6.07) is 53.6. The largest absolute Gasteiger partial charge is 0.493 e. The van der Waals surface area contributed by atoms with Crippen molar-refractivity contribution in [3.05, 3.63) is 190 Å². The van der Waals surface area contributed by atoms with Gasteiger partial charge in [0.2, 0.25) is 0 Å². The average molecular weight is 845 g/mol. The second-order valence-corrected chi connectivity index (χ2v) is 17.2. The number of hydrogen-bond acceptors (Lipinski definition) is 4. The molecule has 0 unspecified atom stereocenters. The van der Waals surface area contributed by atoms with Crippen LogP contribution in [-0.2, 0) is 25.7 Å². The molecule has 9 rings (SSSR count). The highest BCUT2D eigenvalue weighted by atomic mass is 16.5. The third kappa shape index (κ3) is 8.97. The standard InChI is InChI=1S/C60H60O4/c1-5-29-61-57-43-21-13-22-44(57)34-50-38-48(56-28-16-20-42-18-10-12-26-54(42)56)40-52(60(50)64-32-8-4)36-46-24-14-23-45(58(46)62-30-6-2)35-51-39-47(37-49(33-43)59(51)63-31-7-3)55-27-15-19-41-17-9-11-25-53(41)55/h9-28,37-40H,5-8,29-36H2,1-4H3. The Hall–Kier alpha value is -6.52. The summed E-state index contributed by atoms with van der Waals surface area (Å²) >= 11 is 0. The minimum absolute atomic E-state index is 0.625. The van der Waals surface area contributed by atoms with Gasteiger partial charge in [0.05, 0.1) is 26.4 Å². The molecule has 8 bridgehead atoms. The van der Waals surface area contributed by atoms with Crippen LogP contribution in [0.15, 0.2) is 146 Å². The molecule has 324 valence electrons. The zero-order chi connectivity index (χ0) is 43.8. The molecular formula is C60H60O4. The highest BCUT2D eigenvalue weighted by Gasteiger charge is 2.24. The summed E-state index contributed by atoms with van der Waals surface area (Å²) in [5, 5.41) is 4.92. The minimum Gasteiger partial charge on any atom is -0.493 e. The van der Waals surface area contributed by atoms with Crippen LogP contribution in [0.1, 0.15) is 97.9 Å². The van der Waals surface area contributed by atoms with Gasteiger partial charge >= 0.3 is 0 Å². The molecule has 4 heteroatoms. The molecule has 0 saturated carbocycles. The van der Waals surface area contributed by atoms with Crippen molar-refractivity contribution in [1.29, 1.82) is 0 Å². The summed E-state index contributed by atoms with van der Waals surface area (Å²) in [7, 11) is 0. The van der Waals surface area contributed by atoms with E-state index in [1.807, 2.05) is 0 Å². The molecule has 0 atom stereocenters. The first-order valence-corrected chi connectivity index (χ1v) is 23.6. The molecule has 0 aromatic heterocycles. The van der Waals surface area contributed by atoms with Gasteiger partial charge in [-0.25, -0.2) is 0 Å². The third-order valence-corrected chi connectivity index (χ3v) is 12.4. The second kappa shape index (κ2) is 19.9. The lowest BCUT2D eigenvalue weighted by Crippen LogP contribution is -2.10. The lowest BCUT2D eigenvalue weighted by Gasteiger charge is -2.24. The molecule has 0 aliphatic heterocycles. The van der Waals surface area contributed by atoms with Gasteiger partial charge in [-0.1, -0.05) is 149 Å². The molecule has 64 heavy (non-hydrogen) atoms. The van der Waals surface area contributed by atoms with Crippen LogP contribution in [-0.4, -0.2) is 26.4 Å². The Morgan fingerprint density at radius 2 is 0.594 bits per heavy atom. The first-order chi connectivity index (χ1) is 31.6.